The van der Waals surface area contributed by atoms with E-state index < -0.39 is 59.9 Å². The first-order valence-corrected chi connectivity index (χ1v) is 9.25. The summed E-state index contributed by atoms with van der Waals surface area (Å²) in [4.78, 5) is 11.6. The highest BCUT2D eigenvalue weighted by molar-refractivity contribution is 7.95. The molecule has 1 aromatic rings. The third-order valence-corrected chi connectivity index (χ3v) is 5.09. The molecule has 0 saturated heterocycles. The van der Waals surface area contributed by atoms with E-state index in [0.29, 0.717) is 0 Å². The fourth-order valence-corrected chi connectivity index (χ4v) is 4.30. The largest absolute Gasteiger partial charge is 0.293 e. The van der Waals surface area contributed by atoms with Crippen LogP contribution in [0.5, 0.6) is 0 Å². The van der Waals surface area contributed by atoms with Crippen LogP contribution in [0.25, 0.3) is 0 Å². The highest BCUT2D eigenvalue weighted by Gasteiger charge is 2.24. The first-order chi connectivity index (χ1) is 9.02. The molecule has 5 nitrogen and oxygen atoms in total. The summed E-state index contributed by atoms with van der Waals surface area (Å²) in [6, 6.07) is 2.71. The first-order valence-electron chi connectivity index (χ1n) is 5.37. The van der Waals surface area contributed by atoms with Crippen molar-refractivity contribution in [3.8, 4) is 0 Å². The van der Waals surface area contributed by atoms with Crippen LogP contribution in [0.3, 0.4) is 0 Å². The number of hydrogen-bond donors (Lipinski definition) is 0. The molecule has 0 spiro atoms. The summed E-state index contributed by atoms with van der Waals surface area (Å²) in [5.74, 6) is -6.12. The number of carbonyl (C=O) groups excluding carboxylic acids is 1. The third kappa shape index (κ3) is 4.97. The lowest BCUT2D eigenvalue weighted by Crippen LogP contribution is -2.24. The van der Waals surface area contributed by atoms with Gasteiger partial charge in [0.05, 0.1) is 17.1 Å². The highest BCUT2D eigenvalue weighted by atomic mass is 32.2. The lowest BCUT2D eigenvalue weighted by atomic mass is 10.1. The molecule has 0 aliphatic heterocycles. The van der Waals surface area contributed by atoms with E-state index in [-0.39, 0.29) is 0 Å². The quantitative estimate of drug-likeness (QED) is 0.715. The van der Waals surface area contributed by atoms with E-state index in [4.69, 9.17) is 0 Å². The van der Waals surface area contributed by atoms with Crippen molar-refractivity contribution in [1.82, 2.24) is 0 Å². The molecule has 0 atom stereocenters. The van der Waals surface area contributed by atoms with E-state index in [1.165, 1.54) is 0 Å². The van der Waals surface area contributed by atoms with Crippen LogP contribution in [-0.4, -0.2) is 46.1 Å². The van der Waals surface area contributed by atoms with Gasteiger partial charge < -0.3 is 0 Å². The Kier molecular flexibility index (Phi) is 4.98. The third-order valence-electron chi connectivity index (χ3n) is 2.36. The Balaban J connectivity index is 2.90. The van der Waals surface area contributed by atoms with Gasteiger partial charge in [0, 0.05) is 6.26 Å². The summed E-state index contributed by atoms with van der Waals surface area (Å²) < 4.78 is 71.5. The van der Waals surface area contributed by atoms with Crippen LogP contribution >= 0.6 is 0 Å². The van der Waals surface area contributed by atoms with Gasteiger partial charge in [-0.15, -0.1) is 0 Å². The lowest BCUT2D eigenvalue weighted by molar-refractivity contribution is 0.101. The number of benzene rings is 1. The van der Waals surface area contributed by atoms with Gasteiger partial charge in [0.1, 0.15) is 27.2 Å². The monoisotopic (exact) mass is 326 g/mol. The van der Waals surface area contributed by atoms with Crippen molar-refractivity contribution in [2.45, 2.75) is 0 Å². The molecule has 0 amide bonds. The van der Waals surface area contributed by atoms with Gasteiger partial charge in [-0.3, -0.25) is 4.79 Å². The zero-order chi connectivity index (χ0) is 15.6. The highest BCUT2D eigenvalue weighted by Crippen LogP contribution is 2.14. The number of hydrogen-bond acceptors (Lipinski definition) is 5. The molecule has 20 heavy (non-hydrogen) atoms. The second kappa shape index (κ2) is 5.96. The van der Waals surface area contributed by atoms with Crippen LogP contribution in [0.15, 0.2) is 18.2 Å². The molecule has 0 fully saturated rings. The summed E-state index contributed by atoms with van der Waals surface area (Å²) in [5.41, 5.74) is -0.935. The second-order valence-corrected chi connectivity index (χ2v) is 8.69. The maximum absolute atomic E-state index is 13.3. The van der Waals surface area contributed by atoms with Crippen molar-refractivity contribution >= 4 is 25.5 Å². The Morgan fingerprint density at radius 3 is 2.00 bits per heavy atom. The maximum Gasteiger partial charge on any atom is 0.183 e. The smallest absolute Gasteiger partial charge is 0.183 e. The standard InChI is InChI=1S/C11H12F2O5S2/c1-19(15,16)5-6-20(17,18)7-10(14)11-8(12)3-2-4-9(11)13/h2-4H,5-7H2,1H3. The Bertz CT molecular complexity index is 703. The van der Waals surface area contributed by atoms with Gasteiger partial charge in [0.25, 0.3) is 0 Å². The van der Waals surface area contributed by atoms with Crippen molar-refractivity contribution in [2.24, 2.45) is 0 Å². The average Bonchev–Trinajstić information content (AvgIpc) is 2.24. The molecule has 0 aliphatic carbocycles. The molecule has 1 aromatic carbocycles. The molecule has 0 bridgehead atoms. The Morgan fingerprint density at radius 2 is 1.55 bits per heavy atom. The molecule has 0 heterocycles. The summed E-state index contributed by atoms with van der Waals surface area (Å²) in [5, 5.41) is 0. The Morgan fingerprint density at radius 1 is 1.05 bits per heavy atom. The zero-order valence-electron chi connectivity index (χ0n) is 10.5. The SMILES string of the molecule is CS(=O)(=O)CCS(=O)(=O)CC(=O)c1c(F)cccc1F. The van der Waals surface area contributed by atoms with Crippen molar-refractivity contribution in [1.29, 1.82) is 0 Å². The van der Waals surface area contributed by atoms with Gasteiger partial charge in [0.15, 0.2) is 15.6 Å². The van der Waals surface area contributed by atoms with Crippen LogP contribution in [0, 0.1) is 11.6 Å². The van der Waals surface area contributed by atoms with Gasteiger partial charge in [0.2, 0.25) is 0 Å². The van der Waals surface area contributed by atoms with E-state index in [1.807, 2.05) is 0 Å². The van der Waals surface area contributed by atoms with Crippen LogP contribution in [-0.2, 0) is 19.7 Å². The molecular formula is C11H12F2O5S2. The van der Waals surface area contributed by atoms with Crippen LogP contribution in [0.4, 0.5) is 8.78 Å². The molecule has 1 rings (SSSR count). The minimum absolute atomic E-state index is 0.650. The predicted molar refractivity (Wildman–Crippen MR) is 69.1 cm³/mol. The van der Waals surface area contributed by atoms with E-state index in [1.54, 1.807) is 0 Å². The number of carbonyl (C=O) groups is 1. The topological polar surface area (TPSA) is 85.3 Å². The fraction of sp³-hybridized carbons (Fsp3) is 0.364. The summed E-state index contributed by atoms with van der Waals surface area (Å²) in [6.45, 7) is 0. The summed E-state index contributed by atoms with van der Waals surface area (Å²) in [7, 11) is -7.57. The molecule has 112 valence electrons. The van der Waals surface area contributed by atoms with E-state index in [9.17, 15) is 30.4 Å². The number of ketones is 1. The number of rotatable bonds is 6. The Hall–Kier alpha value is -1.35. The van der Waals surface area contributed by atoms with Gasteiger partial charge >= 0.3 is 0 Å². The molecular weight excluding hydrogens is 314 g/mol. The van der Waals surface area contributed by atoms with Crippen molar-refractivity contribution in [2.75, 3.05) is 23.5 Å². The molecule has 0 unspecified atom stereocenters. The van der Waals surface area contributed by atoms with Crippen LogP contribution in [0.1, 0.15) is 10.4 Å². The van der Waals surface area contributed by atoms with E-state index in [2.05, 4.69) is 0 Å². The normalized spacial score (nSPS) is 12.3. The van der Waals surface area contributed by atoms with E-state index >= 15 is 0 Å². The van der Waals surface area contributed by atoms with Gasteiger partial charge in [-0.1, -0.05) is 6.07 Å². The van der Waals surface area contributed by atoms with Crippen LogP contribution in [0.2, 0.25) is 0 Å². The summed E-state index contributed by atoms with van der Waals surface area (Å²) in [6.07, 6.45) is 0.848. The van der Waals surface area contributed by atoms with Gasteiger partial charge in [-0.2, -0.15) is 0 Å². The second-order valence-electron chi connectivity index (χ2n) is 4.24. The van der Waals surface area contributed by atoms with Gasteiger partial charge in [-0.05, 0) is 12.1 Å². The number of Topliss-reactive ketones (excluding diaryl/α,β-unsaturated/α-hetero) is 1. The molecule has 9 heteroatoms. The van der Waals surface area contributed by atoms with Gasteiger partial charge in [-0.25, -0.2) is 25.6 Å². The van der Waals surface area contributed by atoms with Crippen molar-refractivity contribution < 1.29 is 30.4 Å². The van der Waals surface area contributed by atoms with Crippen molar-refractivity contribution in [3.63, 3.8) is 0 Å². The molecule has 0 N–H and O–H groups in total. The molecule has 0 aliphatic rings. The Labute approximate surface area is 115 Å². The minimum Gasteiger partial charge on any atom is -0.293 e. The minimum atomic E-state index is -4.06. The molecule has 0 aromatic heterocycles. The predicted octanol–water partition coefficient (Wildman–Crippen LogP) is 0.607. The average molecular weight is 326 g/mol. The van der Waals surface area contributed by atoms with E-state index in [0.717, 1.165) is 24.5 Å². The lowest BCUT2D eigenvalue weighted by Gasteiger charge is -2.05. The fourth-order valence-electron chi connectivity index (χ4n) is 1.39. The number of sulfone groups is 2. The maximum atomic E-state index is 13.3. The molecule has 0 radical (unpaired) electrons. The van der Waals surface area contributed by atoms with Crippen LogP contribution < -0.4 is 0 Å². The number of halogens is 2. The first kappa shape index (κ1) is 16.7. The van der Waals surface area contributed by atoms with Crippen molar-refractivity contribution in [3.05, 3.63) is 35.4 Å². The molecule has 0 saturated carbocycles. The zero-order valence-corrected chi connectivity index (χ0v) is 12.1. The summed E-state index contributed by atoms with van der Waals surface area (Å²) >= 11 is 0.